The van der Waals surface area contributed by atoms with Crippen molar-refractivity contribution in [3.8, 4) is 17.4 Å². The summed E-state index contributed by atoms with van der Waals surface area (Å²) in [7, 11) is -3.81. The van der Waals surface area contributed by atoms with Gasteiger partial charge in [-0.3, -0.25) is 4.79 Å². The predicted molar refractivity (Wildman–Crippen MR) is 127 cm³/mol. The average molecular weight is 500 g/mol. The average Bonchev–Trinajstić information content (AvgIpc) is 3.36. The van der Waals surface area contributed by atoms with Gasteiger partial charge in [-0.25, -0.2) is 18.4 Å². The van der Waals surface area contributed by atoms with E-state index >= 15 is 0 Å². The van der Waals surface area contributed by atoms with Gasteiger partial charge in [0.25, 0.3) is 5.91 Å². The molecule has 1 amide bonds. The Kier molecular flexibility index (Phi) is 7.36. The summed E-state index contributed by atoms with van der Waals surface area (Å²) in [5.74, 6) is -0.614. The summed E-state index contributed by atoms with van der Waals surface area (Å²) in [6.07, 6.45) is 1.27. The molecule has 0 aliphatic carbocycles. The number of sulfonamides is 1. The number of nitrogens with zero attached hydrogens (tertiary/aromatic N) is 1. The Morgan fingerprint density at radius 3 is 2.47 bits per heavy atom. The normalized spacial score (nSPS) is 11.7. The van der Waals surface area contributed by atoms with Crippen LogP contribution in [0.1, 0.15) is 33.5 Å². The van der Waals surface area contributed by atoms with E-state index in [2.05, 4.69) is 5.32 Å². The molecule has 0 saturated carbocycles. The van der Waals surface area contributed by atoms with E-state index in [1.54, 1.807) is 26.0 Å². The summed E-state index contributed by atoms with van der Waals surface area (Å²) in [4.78, 5) is 25.9. The molecule has 3 rings (SSSR count). The van der Waals surface area contributed by atoms with E-state index < -0.39 is 21.9 Å². The van der Waals surface area contributed by atoms with E-state index in [1.807, 2.05) is 13.0 Å². The van der Waals surface area contributed by atoms with Crippen LogP contribution in [0, 0.1) is 25.2 Å². The van der Waals surface area contributed by atoms with Gasteiger partial charge in [0, 0.05) is 16.5 Å². The number of hydrogen-bond donors (Lipinski definition) is 2. The van der Waals surface area contributed by atoms with E-state index in [-0.39, 0.29) is 28.4 Å². The quantitative estimate of drug-likeness (QED) is 0.283. The first-order valence-corrected chi connectivity index (χ1v) is 12.3. The fourth-order valence-corrected chi connectivity index (χ4v) is 4.58. The maximum absolute atomic E-state index is 12.8. The third-order valence-corrected chi connectivity index (χ3v) is 6.89. The highest BCUT2D eigenvalue weighted by atomic mass is 32.2. The van der Waals surface area contributed by atoms with Gasteiger partial charge in [0.15, 0.2) is 0 Å². The molecule has 3 aromatic rings. The van der Waals surface area contributed by atoms with Crippen molar-refractivity contribution in [2.45, 2.75) is 25.7 Å². The van der Waals surface area contributed by atoms with Crippen LogP contribution in [0.4, 0.5) is 5.00 Å². The minimum atomic E-state index is -3.81. The van der Waals surface area contributed by atoms with Crippen molar-refractivity contribution in [1.82, 2.24) is 0 Å². The molecular formula is C23H21N3O6S2. The number of hydrogen-bond acceptors (Lipinski definition) is 8. The molecule has 0 spiro atoms. The number of amides is 1. The minimum Gasteiger partial charge on any atom is -0.462 e. The van der Waals surface area contributed by atoms with Crippen molar-refractivity contribution >= 4 is 44.3 Å². The standard InChI is InChI=1S/C23H21N3O6S2/c1-4-31-23(28)20-13(2)14(3)33-22(20)26-21(27)16(12-24)11-17-7-10-19(32-17)15-5-8-18(9-6-15)34(25,29)30/h5-11H,4H2,1-3H3,(H,26,27)(H2,25,29,30). The first-order chi connectivity index (χ1) is 16.0. The lowest BCUT2D eigenvalue weighted by atomic mass is 10.1. The van der Waals surface area contributed by atoms with Crippen molar-refractivity contribution in [3.63, 3.8) is 0 Å². The van der Waals surface area contributed by atoms with E-state index in [9.17, 15) is 23.3 Å². The molecule has 34 heavy (non-hydrogen) atoms. The van der Waals surface area contributed by atoms with Gasteiger partial charge >= 0.3 is 5.97 Å². The second kappa shape index (κ2) is 10.0. The zero-order valence-electron chi connectivity index (χ0n) is 18.5. The molecule has 11 heteroatoms. The number of anilines is 1. The maximum Gasteiger partial charge on any atom is 0.341 e. The predicted octanol–water partition coefficient (Wildman–Crippen LogP) is 3.99. The van der Waals surface area contributed by atoms with E-state index in [1.165, 1.54) is 41.7 Å². The van der Waals surface area contributed by atoms with Gasteiger partial charge in [0.1, 0.15) is 28.2 Å². The summed E-state index contributed by atoms with van der Waals surface area (Å²) in [5, 5.41) is 17.5. The number of ether oxygens (including phenoxy) is 1. The van der Waals surface area contributed by atoms with Gasteiger partial charge in [-0.05, 0) is 62.7 Å². The van der Waals surface area contributed by atoms with Crippen LogP contribution in [-0.2, 0) is 19.6 Å². The van der Waals surface area contributed by atoms with Crippen molar-refractivity contribution in [2.24, 2.45) is 5.14 Å². The molecule has 176 valence electrons. The maximum atomic E-state index is 12.8. The summed E-state index contributed by atoms with van der Waals surface area (Å²) < 4.78 is 33.6. The van der Waals surface area contributed by atoms with Gasteiger partial charge in [0.2, 0.25) is 10.0 Å². The lowest BCUT2D eigenvalue weighted by Gasteiger charge is -2.06. The van der Waals surface area contributed by atoms with E-state index in [0.29, 0.717) is 21.9 Å². The molecule has 0 bridgehead atoms. The number of carbonyl (C=O) groups excluding carboxylic acids is 2. The first kappa shape index (κ1) is 24.9. The van der Waals surface area contributed by atoms with Gasteiger partial charge in [0.05, 0.1) is 17.1 Å². The lowest BCUT2D eigenvalue weighted by Crippen LogP contribution is -2.16. The molecule has 0 aliphatic heterocycles. The van der Waals surface area contributed by atoms with Gasteiger partial charge in [-0.15, -0.1) is 11.3 Å². The molecule has 2 heterocycles. The Bertz CT molecular complexity index is 1420. The summed E-state index contributed by atoms with van der Waals surface area (Å²) in [5.41, 5.74) is 1.31. The molecule has 0 fully saturated rings. The highest BCUT2D eigenvalue weighted by Gasteiger charge is 2.23. The van der Waals surface area contributed by atoms with Crippen LogP contribution in [0.2, 0.25) is 0 Å². The molecule has 0 atom stereocenters. The number of furan rings is 1. The van der Waals surface area contributed by atoms with E-state index in [0.717, 1.165) is 4.88 Å². The van der Waals surface area contributed by atoms with Crippen LogP contribution in [0.25, 0.3) is 17.4 Å². The highest BCUT2D eigenvalue weighted by Crippen LogP contribution is 2.33. The fraction of sp³-hybridized carbons (Fsp3) is 0.174. The number of aryl methyl sites for hydroxylation is 1. The lowest BCUT2D eigenvalue weighted by molar-refractivity contribution is -0.112. The number of primary sulfonamides is 1. The summed E-state index contributed by atoms with van der Waals surface area (Å²) in [6.45, 7) is 5.46. The number of rotatable bonds is 7. The minimum absolute atomic E-state index is 0.0346. The zero-order valence-corrected chi connectivity index (χ0v) is 20.2. The second-order valence-electron chi connectivity index (χ2n) is 7.10. The van der Waals surface area contributed by atoms with Gasteiger partial charge < -0.3 is 14.5 Å². The Labute approximate surface area is 200 Å². The fourth-order valence-electron chi connectivity index (χ4n) is 3.02. The molecule has 9 nitrogen and oxygen atoms in total. The Hall–Kier alpha value is -3.72. The third-order valence-electron chi connectivity index (χ3n) is 4.84. The Balaban J connectivity index is 1.84. The van der Waals surface area contributed by atoms with Gasteiger partial charge in [-0.2, -0.15) is 5.26 Å². The first-order valence-electron chi connectivity index (χ1n) is 9.98. The van der Waals surface area contributed by atoms with Crippen LogP contribution in [0.3, 0.4) is 0 Å². The molecular weight excluding hydrogens is 478 g/mol. The molecule has 0 saturated heterocycles. The molecule has 2 aromatic heterocycles. The largest absolute Gasteiger partial charge is 0.462 e. The molecule has 0 radical (unpaired) electrons. The molecule has 1 aromatic carbocycles. The summed E-state index contributed by atoms with van der Waals surface area (Å²) >= 11 is 1.22. The third kappa shape index (κ3) is 5.43. The molecule has 0 unspecified atom stereocenters. The second-order valence-corrected chi connectivity index (χ2v) is 9.89. The van der Waals surface area contributed by atoms with Crippen LogP contribution < -0.4 is 10.5 Å². The molecule has 3 N–H and O–H groups in total. The number of esters is 1. The number of nitriles is 1. The Morgan fingerprint density at radius 2 is 1.88 bits per heavy atom. The SMILES string of the molecule is CCOC(=O)c1c(NC(=O)C(C#N)=Cc2ccc(-c3ccc(S(N)(=O)=O)cc3)o2)sc(C)c1C. The van der Waals surface area contributed by atoms with Crippen molar-refractivity contribution < 1.29 is 27.2 Å². The van der Waals surface area contributed by atoms with Crippen LogP contribution >= 0.6 is 11.3 Å². The van der Waals surface area contributed by atoms with E-state index in [4.69, 9.17) is 14.3 Å². The van der Waals surface area contributed by atoms with Gasteiger partial charge in [-0.1, -0.05) is 0 Å². The molecule has 0 aliphatic rings. The Morgan fingerprint density at radius 1 is 1.21 bits per heavy atom. The highest BCUT2D eigenvalue weighted by molar-refractivity contribution is 7.89. The van der Waals surface area contributed by atoms with Crippen LogP contribution in [-0.4, -0.2) is 26.9 Å². The number of benzene rings is 1. The van der Waals surface area contributed by atoms with Crippen LogP contribution in [0.15, 0.2) is 51.3 Å². The van der Waals surface area contributed by atoms with Crippen molar-refractivity contribution in [2.75, 3.05) is 11.9 Å². The summed E-state index contributed by atoms with van der Waals surface area (Å²) in [6, 6.07) is 10.8. The number of thiophene rings is 1. The smallest absolute Gasteiger partial charge is 0.341 e. The monoisotopic (exact) mass is 499 g/mol. The number of nitrogens with one attached hydrogen (secondary N) is 1. The van der Waals surface area contributed by atoms with Crippen LogP contribution in [0.5, 0.6) is 0 Å². The van der Waals surface area contributed by atoms with Crippen molar-refractivity contribution in [3.05, 3.63) is 63.7 Å². The number of nitrogens with two attached hydrogens (primary N) is 1. The topological polar surface area (TPSA) is 152 Å². The van der Waals surface area contributed by atoms with Crippen molar-refractivity contribution in [1.29, 1.82) is 5.26 Å². The zero-order chi connectivity index (χ0) is 25.0. The number of carbonyl (C=O) groups is 2.